The summed E-state index contributed by atoms with van der Waals surface area (Å²) < 4.78 is 21.7. The largest absolute Gasteiger partial charge is 0.379 e. The Balaban J connectivity index is 1.83. The van der Waals surface area contributed by atoms with Crippen LogP contribution < -0.4 is 0 Å². The maximum absolute atomic E-state index is 14.9. The Kier molecular flexibility index (Phi) is 4.01. The van der Waals surface area contributed by atoms with Crippen molar-refractivity contribution in [1.82, 2.24) is 25.1 Å². The van der Waals surface area contributed by atoms with Crippen molar-refractivity contribution in [3.63, 3.8) is 0 Å². The van der Waals surface area contributed by atoms with Gasteiger partial charge >= 0.3 is 0 Å². The van der Waals surface area contributed by atoms with Gasteiger partial charge in [0, 0.05) is 25.3 Å². The number of hydrogen-bond donors (Lipinski definition) is 0. The number of tetrazole rings is 1. The predicted octanol–water partition coefficient (Wildman–Crippen LogP) is 1.86. The number of carbonyl (C=O) groups is 1. The van der Waals surface area contributed by atoms with Crippen molar-refractivity contribution >= 4 is 23.1 Å². The number of carbonyl (C=O) groups excluding carboxylic acids is 1. The van der Waals surface area contributed by atoms with Crippen molar-refractivity contribution in [3.05, 3.63) is 40.9 Å². The molecule has 1 amide bonds. The van der Waals surface area contributed by atoms with Gasteiger partial charge in [-0.05, 0) is 41.0 Å². The van der Waals surface area contributed by atoms with Gasteiger partial charge in [0.1, 0.15) is 6.33 Å². The van der Waals surface area contributed by atoms with E-state index in [1.165, 1.54) is 23.2 Å². The molecule has 0 bridgehead atoms. The number of ether oxygens (including phenoxy) is 1. The number of rotatable bonds is 3. The van der Waals surface area contributed by atoms with Gasteiger partial charge in [0.15, 0.2) is 5.82 Å². The molecule has 2 atom stereocenters. The van der Waals surface area contributed by atoms with Crippen LogP contribution in [0.3, 0.4) is 0 Å². The van der Waals surface area contributed by atoms with Crippen molar-refractivity contribution < 1.29 is 13.9 Å². The fourth-order valence-electron chi connectivity index (χ4n) is 3.61. The zero-order chi connectivity index (χ0) is 17.6. The van der Waals surface area contributed by atoms with Crippen LogP contribution in [-0.4, -0.2) is 56.8 Å². The summed E-state index contributed by atoms with van der Waals surface area (Å²) >= 11 is 5.99. The van der Waals surface area contributed by atoms with Crippen LogP contribution >= 0.6 is 11.6 Å². The molecule has 7 nitrogen and oxygen atoms in total. The number of halogens is 2. The summed E-state index contributed by atoms with van der Waals surface area (Å²) in [4.78, 5) is 14.3. The molecule has 4 rings (SSSR count). The molecule has 1 aromatic heterocycles. The molecule has 2 aliphatic heterocycles. The number of methoxy groups -OCH3 is 1. The number of aromatic nitrogens is 4. The average Bonchev–Trinajstić information content (AvgIpc) is 3.26. The van der Waals surface area contributed by atoms with Crippen molar-refractivity contribution in [2.45, 2.75) is 25.0 Å². The molecular weight excluding hydrogens is 349 g/mol. The highest BCUT2D eigenvalue weighted by molar-refractivity contribution is 6.31. The highest BCUT2D eigenvalue weighted by Crippen LogP contribution is 2.38. The van der Waals surface area contributed by atoms with Crippen LogP contribution in [0.5, 0.6) is 0 Å². The van der Waals surface area contributed by atoms with Gasteiger partial charge in [0.25, 0.3) is 0 Å². The number of amides is 1. The van der Waals surface area contributed by atoms with E-state index in [1.807, 2.05) is 0 Å². The van der Waals surface area contributed by atoms with Gasteiger partial charge in [0.05, 0.1) is 22.9 Å². The van der Waals surface area contributed by atoms with E-state index in [1.54, 1.807) is 18.1 Å². The van der Waals surface area contributed by atoms with E-state index in [0.29, 0.717) is 24.2 Å². The van der Waals surface area contributed by atoms with E-state index in [2.05, 4.69) is 15.5 Å². The summed E-state index contributed by atoms with van der Waals surface area (Å²) in [6, 6.07) is 2.97. The number of hydrogen-bond acceptors (Lipinski definition) is 5. The van der Waals surface area contributed by atoms with Crippen molar-refractivity contribution in [1.29, 1.82) is 0 Å². The second kappa shape index (κ2) is 6.20. The van der Waals surface area contributed by atoms with Gasteiger partial charge in [-0.2, -0.15) is 4.68 Å². The zero-order valence-electron chi connectivity index (χ0n) is 13.4. The fraction of sp³-hybridized carbons (Fsp3) is 0.375. The van der Waals surface area contributed by atoms with Crippen LogP contribution in [-0.2, 0) is 9.53 Å². The zero-order valence-corrected chi connectivity index (χ0v) is 14.1. The molecule has 3 heterocycles. The lowest BCUT2D eigenvalue weighted by Crippen LogP contribution is -2.42. The SMILES string of the molecule is COC1CCN2C(=O)C=C(c3c(-n4cnnn4)ccc(Cl)c3F)CC12. The molecule has 2 aromatic rings. The Bertz CT molecular complexity index is 854. The van der Waals surface area contributed by atoms with Gasteiger partial charge in [-0.25, -0.2) is 4.39 Å². The molecule has 25 heavy (non-hydrogen) atoms. The summed E-state index contributed by atoms with van der Waals surface area (Å²) in [6.07, 6.45) is 4.03. The first-order valence-electron chi connectivity index (χ1n) is 7.86. The highest BCUT2D eigenvalue weighted by Gasteiger charge is 2.40. The minimum absolute atomic E-state index is 0.0164. The quantitative estimate of drug-likeness (QED) is 0.832. The summed E-state index contributed by atoms with van der Waals surface area (Å²) in [6.45, 7) is 0.643. The monoisotopic (exact) mass is 363 g/mol. The molecule has 0 spiro atoms. The maximum Gasteiger partial charge on any atom is 0.247 e. The maximum atomic E-state index is 14.9. The third-order valence-electron chi connectivity index (χ3n) is 4.79. The average molecular weight is 364 g/mol. The van der Waals surface area contributed by atoms with E-state index in [4.69, 9.17) is 16.3 Å². The predicted molar refractivity (Wildman–Crippen MR) is 87.6 cm³/mol. The molecule has 9 heteroatoms. The van der Waals surface area contributed by atoms with Gasteiger partial charge < -0.3 is 9.64 Å². The summed E-state index contributed by atoms with van der Waals surface area (Å²) in [5.41, 5.74) is 1.25. The molecule has 0 radical (unpaired) electrons. The molecule has 0 aliphatic carbocycles. The smallest absolute Gasteiger partial charge is 0.247 e. The van der Waals surface area contributed by atoms with Crippen molar-refractivity contribution in [3.8, 4) is 5.69 Å². The molecule has 130 valence electrons. The molecule has 2 unspecified atom stereocenters. The van der Waals surface area contributed by atoms with E-state index in [9.17, 15) is 9.18 Å². The lowest BCUT2D eigenvalue weighted by molar-refractivity contribution is -0.128. The van der Waals surface area contributed by atoms with Gasteiger partial charge in [-0.1, -0.05) is 11.6 Å². The van der Waals surface area contributed by atoms with Crippen molar-refractivity contribution in [2.75, 3.05) is 13.7 Å². The Labute approximate surface area is 148 Å². The second-order valence-electron chi connectivity index (χ2n) is 6.05. The third-order valence-corrected chi connectivity index (χ3v) is 5.08. The molecule has 1 fully saturated rings. The normalized spacial score (nSPS) is 22.9. The van der Waals surface area contributed by atoms with E-state index < -0.39 is 5.82 Å². The molecular formula is C16H15ClFN5O2. The Hall–Kier alpha value is -2.32. The minimum atomic E-state index is -0.589. The molecule has 1 saturated heterocycles. The number of nitrogens with zero attached hydrogens (tertiary/aromatic N) is 5. The first kappa shape index (κ1) is 16.2. The summed E-state index contributed by atoms with van der Waals surface area (Å²) in [7, 11) is 1.63. The highest BCUT2D eigenvalue weighted by atomic mass is 35.5. The van der Waals surface area contributed by atoms with Crippen molar-refractivity contribution in [2.24, 2.45) is 0 Å². The van der Waals surface area contributed by atoms with E-state index in [0.717, 1.165) is 6.42 Å². The first-order chi connectivity index (χ1) is 12.1. The summed E-state index contributed by atoms with van der Waals surface area (Å²) in [5, 5.41) is 11.0. The topological polar surface area (TPSA) is 73.1 Å². The Morgan fingerprint density at radius 3 is 2.96 bits per heavy atom. The molecule has 2 aliphatic rings. The standard InChI is InChI=1S/C16H15ClFN5O2/c1-25-13-4-5-22-12(13)6-9(7-14(22)24)15-11(23-8-19-20-21-23)3-2-10(17)16(15)18/h2-3,7-8,12-13H,4-6H2,1H3. The third kappa shape index (κ3) is 2.61. The van der Waals surface area contributed by atoms with Crippen LogP contribution in [0.2, 0.25) is 5.02 Å². The van der Waals surface area contributed by atoms with Crippen LogP contribution in [0, 0.1) is 5.82 Å². The van der Waals surface area contributed by atoms with Crippen LogP contribution in [0.15, 0.2) is 24.5 Å². The fourth-order valence-corrected chi connectivity index (χ4v) is 3.77. The van der Waals surface area contributed by atoms with Crippen LogP contribution in [0.25, 0.3) is 11.3 Å². The summed E-state index contributed by atoms with van der Waals surface area (Å²) in [5.74, 6) is -0.734. The molecule has 0 saturated carbocycles. The van der Waals surface area contributed by atoms with Gasteiger partial charge in [0.2, 0.25) is 5.91 Å². The van der Waals surface area contributed by atoms with E-state index in [-0.39, 0.29) is 28.6 Å². The Morgan fingerprint density at radius 2 is 2.24 bits per heavy atom. The first-order valence-corrected chi connectivity index (χ1v) is 8.23. The van der Waals surface area contributed by atoms with Gasteiger partial charge in [-0.15, -0.1) is 5.10 Å². The van der Waals surface area contributed by atoms with Crippen LogP contribution in [0.1, 0.15) is 18.4 Å². The Morgan fingerprint density at radius 1 is 1.40 bits per heavy atom. The lowest BCUT2D eigenvalue weighted by Gasteiger charge is -2.32. The van der Waals surface area contributed by atoms with E-state index >= 15 is 0 Å². The molecule has 1 aromatic carbocycles. The second-order valence-corrected chi connectivity index (χ2v) is 6.45. The number of benzene rings is 1. The molecule has 0 N–H and O–H groups in total. The lowest BCUT2D eigenvalue weighted by atomic mass is 9.91. The number of fused-ring (bicyclic) bond motifs is 1. The van der Waals surface area contributed by atoms with Gasteiger partial charge in [-0.3, -0.25) is 4.79 Å². The minimum Gasteiger partial charge on any atom is -0.379 e. The van der Waals surface area contributed by atoms with Crippen LogP contribution in [0.4, 0.5) is 4.39 Å².